The lowest BCUT2D eigenvalue weighted by Gasteiger charge is -2.26. The SMILES string of the molecule is c1ccc(-c2nc3c(ccc4oc5ccc(-c6ccc(N(c7ccc8c(c7)sc7ccccc78)c7ccc8sc9ccccc9c8c7)cc6)cc5c43)o2)cc1. The second-order valence-corrected chi connectivity index (χ2v) is 16.1. The summed E-state index contributed by atoms with van der Waals surface area (Å²) in [6.07, 6.45) is 0. The Morgan fingerprint density at radius 1 is 0.382 bits per heavy atom. The Balaban J connectivity index is 0.984. The van der Waals surface area contributed by atoms with Crippen molar-refractivity contribution in [3.63, 3.8) is 0 Å². The summed E-state index contributed by atoms with van der Waals surface area (Å²) in [5, 5.41) is 7.15. The highest BCUT2D eigenvalue weighted by Gasteiger charge is 2.19. The molecule has 4 aromatic heterocycles. The summed E-state index contributed by atoms with van der Waals surface area (Å²) in [6, 6.07) is 60.4. The highest BCUT2D eigenvalue weighted by molar-refractivity contribution is 7.26. The van der Waals surface area contributed by atoms with Gasteiger partial charge in [0.1, 0.15) is 16.7 Å². The molecule has 0 bridgehead atoms. The van der Waals surface area contributed by atoms with Gasteiger partial charge in [-0.1, -0.05) is 78.9 Å². The first-order chi connectivity index (χ1) is 27.2. The number of oxazole rings is 1. The standard InChI is InChI=1S/C49H28N2O2S2/c1-2-8-30(9-3-1)49-50-48-42(53-49)24-23-41-47(48)39-26-31(16-22-40(39)52-41)29-14-17-32(18-15-29)51(33-20-25-45-38(27-33)36-11-5-7-13-44(36)54-45)34-19-21-37-35-10-4-6-12-43(35)55-46(37)28-34/h1-28H. The molecule has 0 unspecified atom stereocenters. The number of fused-ring (bicyclic) bond motifs is 11. The molecule has 4 heterocycles. The van der Waals surface area contributed by atoms with Gasteiger partial charge in [-0.15, -0.1) is 22.7 Å². The van der Waals surface area contributed by atoms with E-state index in [1.807, 2.05) is 65.1 Å². The van der Waals surface area contributed by atoms with E-state index in [-0.39, 0.29) is 0 Å². The molecule has 0 aliphatic rings. The van der Waals surface area contributed by atoms with Crippen LogP contribution in [0.5, 0.6) is 0 Å². The van der Waals surface area contributed by atoms with E-state index >= 15 is 0 Å². The van der Waals surface area contributed by atoms with Crippen LogP contribution in [0.4, 0.5) is 17.1 Å². The predicted octanol–water partition coefficient (Wildman–Crippen LogP) is 15.3. The van der Waals surface area contributed by atoms with Crippen molar-refractivity contribution in [1.82, 2.24) is 4.98 Å². The van der Waals surface area contributed by atoms with Crippen LogP contribution < -0.4 is 4.90 Å². The summed E-state index contributed by atoms with van der Waals surface area (Å²) < 4.78 is 17.7. The molecular weight excluding hydrogens is 713 g/mol. The van der Waals surface area contributed by atoms with Crippen LogP contribution in [-0.4, -0.2) is 4.98 Å². The van der Waals surface area contributed by atoms with Gasteiger partial charge in [-0.05, 0) is 102 Å². The Kier molecular flexibility index (Phi) is 6.64. The lowest BCUT2D eigenvalue weighted by Crippen LogP contribution is -2.09. The summed E-state index contributed by atoms with van der Waals surface area (Å²) in [4.78, 5) is 7.34. The fraction of sp³-hybridized carbons (Fsp3) is 0. The molecule has 0 N–H and O–H groups in total. The maximum atomic E-state index is 6.33. The maximum absolute atomic E-state index is 6.33. The molecule has 12 rings (SSSR count). The second-order valence-electron chi connectivity index (χ2n) is 13.9. The number of aromatic nitrogens is 1. The zero-order chi connectivity index (χ0) is 36.0. The molecule has 0 aliphatic carbocycles. The van der Waals surface area contributed by atoms with Crippen LogP contribution in [0.15, 0.2) is 179 Å². The number of rotatable bonds is 5. The lowest BCUT2D eigenvalue weighted by atomic mass is 10.0. The summed E-state index contributed by atoms with van der Waals surface area (Å²) in [6.45, 7) is 0. The van der Waals surface area contributed by atoms with Gasteiger partial charge in [0, 0.05) is 68.4 Å². The van der Waals surface area contributed by atoms with Crippen LogP contribution in [-0.2, 0) is 0 Å². The highest BCUT2D eigenvalue weighted by atomic mass is 32.1. The van der Waals surface area contributed by atoms with Crippen molar-refractivity contribution in [2.24, 2.45) is 0 Å². The minimum absolute atomic E-state index is 0.603. The van der Waals surface area contributed by atoms with Crippen LogP contribution in [0.1, 0.15) is 0 Å². The monoisotopic (exact) mass is 740 g/mol. The van der Waals surface area contributed by atoms with E-state index in [1.165, 1.54) is 40.3 Å². The van der Waals surface area contributed by atoms with Gasteiger partial charge in [-0.2, -0.15) is 0 Å². The molecule has 0 saturated carbocycles. The van der Waals surface area contributed by atoms with Gasteiger partial charge < -0.3 is 13.7 Å². The molecule has 0 aliphatic heterocycles. The number of nitrogens with zero attached hydrogens (tertiary/aromatic N) is 2. The molecule has 8 aromatic carbocycles. The van der Waals surface area contributed by atoms with E-state index in [0.717, 1.165) is 66.8 Å². The maximum Gasteiger partial charge on any atom is 0.227 e. The number of hydrogen-bond acceptors (Lipinski definition) is 6. The van der Waals surface area contributed by atoms with Crippen molar-refractivity contribution < 1.29 is 8.83 Å². The quantitative estimate of drug-likeness (QED) is 0.176. The Labute approximate surface area is 322 Å². The first-order valence-corrected chi connectivity index (χ1v) is 19.9. The van der Waals surface area contributed by atoms with E-state index in [4.69, 9.17) is 13.8 Å². The Bertz CT molecular complexity index is 3440. The largest absolute Gasteiger partial charge is 0.456 e. The number of hydrogen-bond donors (Lipinski definition) is 0. The van der Waals surface area contributed by atoms with E-state index in [1.54, 1.807) is 0 Å². The Morgan fingerprint density at radius 2 is 1.00 bits per heavy atom. The third-order valence-electron chi connectivity index (χ3n) is 10.7. The molecule has 258 valence electrons. The van der Waals surface area contributed by atoms with Crippen molar-refractivity contribution in [2.75, 3.05) is 4.90 Å². The molecule has 55 heavy (non-hydrogen) atoms. The first-order valence-electron chi connectivity index (χ1n) is 18.3. The summed E-state index contributed by atoms with van der Waals surface area (Å²) >= 11 is 3.70. The summed E-state index contributed by atoms with van der Waals surface area (Å²) in [5.74, 6) is 0.603. The number of furan rings is 1. The van der Waals surface area contributed by atoms with Gasteiger partial charge in [-0.25, -0.2) is 4.98 Å². The van der Waals surface area contributed by atoms with Crippen molar-refractivity contribution in [3.8, 4) is 22.6 Å². The molecule has 0 amide bonds. The number of thiophene rings is 2. The molecule has 0 saturated heterocycles. The van der Waals surface area contributed by atoms with Crippen LogP contribution >= 0.6 is 22.7 Å². The Morgan fingerprint density at radius 3 is 1.84 bits per heavy atom. The van der Waals surface area contributed by atoms with Crippen LogP contribution in [0, 0.1) is 0 Å². The van der Waals surface area contributed by atoms with Gasteiger partial charge in [0.2, 0.25) is 5.89 Å². The zero-order valence-corrected chi connectivity index (χ0v) is 30.8. The van der Waals surface area contributed by atoms with E-state index in [2.05, 4.69) is 132 Å². The highest BCUT2D eigenvalue weighted by Crippen LogP contribution is 2.44. The van der Waals surface area contributed by atoms with Gasteiger partial charge >= 0.3 is 0 Å². The second kappa shape index (κ2) is 11.9. The molecular formula is C49H28N2O2S2. The molecule has 4 nitrogen and oxygen atoms in total. The van der Waals surface area contributed by atoms with Gasteiger partial charge in [0.15, 0.2) is 5.58 Å². The van der Waals surface area contributed by atoms with Gasteiger partial charge in [0.05, 0.1) is 5.39 Å². The van der Waals surface area contributed by atoms with E-state index < -0.39 is 0 Å². The van der Waals surface area contributed by atoms with Crippen molar-refractivity contribution in [2.45, 2.75) is 0 Å². The third kappa shape index (κ3) is 4.85. The third-order valence-corrected chi connectivity index (χ3v) is 13.0. The summed E-state index contributed by atoms with van der Waals surface area (Å²) in [7, 11) is 0. The molecule has 6 heteroatoms. The lowest BCUT2D eigenvalue weighted by molar-refractivity contribution is 0.619. The van der Waals surface area contributed by atoms with Crippen molar-refractivity contribution in [1.29, 1.82) is 0 Å². The van der Waals surface area contributed by atoms with Gasteiger partial charge in [0.25, 0.3) is 0 Å². The predicted molar refractivity (Wildman–Crippen MR) is 233 cm³/mol. The van der Waals surface area contributed by atoms with E-state index in [9.17, 15) is 0 Å². The number of benzene rings is 8. The minimum atomic E-state index is 0.603. The molecule has 0 fully saturated rings. The smallest absolute Gasteiger partial charge is 0.227 e. The fourth-order valence-corrected chi connectivity index (χ4v) is 10.3. The number of anilines is 3. The summed E-state index contributed by atoms with van der Waals surface area (Å²) in [5.41, 5.74) is 9.70. The average molecular weight is 741 g/mol. The average Bonchev–Trinajstić information content (AvgIpc) is 4.02. The zero-order valence-electron chi connectivity index (χ0n) is 29.2. The first kappa shape index (κ1) is 30.7. The molecule has 12 aromatic rings. The normalized spacial score (nSPS) is 12.0. The molecule has 0 atom stereocenters. The minimum Gasteiger partial charge on any atom is -0.456 e. The van der Waals surface area contributed by atoms with Crippen LogP contribution in [0.3, 0.4) is 0 Å². The van der Waals surface area contributed by atoms with Gasteiger partial charge in [-0.3, -0.25) is 0 Å². The fourth-order valence-electron chi connectivity index (χ4n) is 8.09. The topological polar surface area (TPSA) is 42.4 Å². The van der Waals surface area contributed by atoms with Crippen molar-refractivity contribution in [3.05, 3.63) is 170 Å². The molecule has 0 radical (unpaired) electrons. The van der Waals surface area contributed by atoms with Crippen molar-refractivity contribution >= 4 is 113 Å². The van der Waals surface area contributed by atoms with Crippen LogP contribution in [0.25, 0.3) is 96.0 Å². The Hall–Kier alpha value is -6.73. The van der Waals surface area contributed by atoms with E-state index in [0.29, 0.717) is 5.89 Å². The molecule has 0 spiro atoms. The van der Waals surface area contributed by atoms with Crippen LogP contribution in [0.2, 0.25) is 0 Å².